The number of carbonyl (C=O) groups excluding carboxylic acids is 5. The summed E-state index contributed by atoms with van der Waals surface area (Å²) in [7, 11) is 1.65. The van der Waals surface area contributed by atoms with Gasteiger partial charge in [-0.2, -0.15) is 0 Å². The van der Waals surface area contributed by atoms with Crippen molar-refractivity contribution >= 4 is 29.5 Å². The van der Waals surface area contributed by atoms with Crippen LogP contribution in [-0.4, -0.2) is 89.8 Å². The molecule has 3 unspecified atom stereocenters. The molecule has 1 fully saturated rings. The molecule has 51 heavy (non-hydrogen) atoms. The number of amides is 5. The van der Waals surface area contributed by atoms with Crippen molar-refractivity contribution in [1.29, 1.82) is 0 Å². The van der Waals surface area contributed by atoms with E-state index in [4.69, 9.17) is 0 Å². The maximum Gasteiger partial charge on any atom is 0.252 e. The zero-order valence-corrected chi connectivity index (χ0v) is 31.2. The number of likely N-dealkylation sites (N-methyl/N-ethyl adjacent to an activating group) is 2. The molecule has 0 spiro atoms. The SMILES string of the molecule is CCC[C@@H](C(=O)NC(CN[C@@H](C)C(=O)NC(C(=O)NCC)C(C)C)Cc1ccccc1)N(C)C(=O)C(NC(=O)c1ccncc1)C1CCCCC1. The zero-order chi connectivity index (χ0) is 37.3. The van der Waals surface area contributed by atoms with Gasteiger partial charge >= 0.3 is 0 Å². The average Bonchev–Trinajstić information content (AvgIpc) is 3.14. The number of aromatic nitrogens is 1. The van der Waals surface area contributed by atoms with Gasteiger partial charge in [0.2, 0.25) is 23.6 Å². The van der Waals surface area contributed by atoms with Crippen molar-refractivity contribution in [2.45, 2.75) is 116 Å². The number of rotatable bonds is 19. The van der Waals surface area contributed by atoms with Gasteiger partial charge in [0.05, 0.1) is 6.04 Å². The number of pyridine rings is 1. The van der Waals surface area contributed by atoms with Gasteiger partial charge in [-0.3, -0.25) is 29.0 Å². The molecule has 1 heterocycles. The number of nitrogens with one attached hydrogen (secondary N) is 5. The Morgan fingerprint density at radius 3 is 2.12 bits per heavy atom. The highest BCUT2D eigenvalue weighted by Gasteiger charge is 2.37. The van der Waals surface area contributed by atoms with E-state index in [1.54, 1.807) is 38.5 Å². The Labute approximate surface area is 303 Å². The minimum Gasteiger partial charge on any atom is -0.355 e. The molecule has 0 bridgehead atoms. The molecule has 5 atom stereocenters. The molecule has 0 aliphatic heterocycles. The molecule has 0 radical (unpaired) electrons. The maximum atomic E-state index is 14.3. The molecule has 0 saturated heterocycles. The highest BCUT2D eigenvalue weighted by Crippen LogP contribution is 2.28. The van der Waals surface area contributed by atoms with Crippen molar-refractivity contribution in [2.75, 3.05) is 20.1 Å². The lowest BCUT2D eigenvalue weighted by Gasteiger charge is -2.36. The van der Waals surface area contributed by atoms with Crippen LogP contribution in [0.5, 0.6) is 0 Å². The Bertz CT molecular complexity index is 1400. The lowest BCUT2D eigenvalue weighted by atomic mass is 9.83. The van der Waals surface area contributed by atoms with Crippen molar-refractivity contribution in [1.82, 2.24) is 36.5 Å². The molecule has 1 aliphatic rings. The Morgan fingerprint density at radius 1 is 0.843 bits per heavy atom. The van der Waals surface area contributed by atoms with Crippen molar-refractivity contribution in [3.8, 4) is 0 Å². The van der Waals surface area contributed by atoms with Crippen molar-refractivity contribution < 1.29 is 24.0 Å². The minimum absolute atomic E-state index is 0.0316. The molecule has 1 aromatic heterocycles. The second kappa shape index (κ2) is 21.1. The number of benzene rings is 1. The highest BCUT2D eigenvalue weighted by atomic mass is 16.2. The number of hydrogen-bond acceptors (Lipinski definition) is 7. The fraction of sp³-hybridized carbons (Fsp3) is 0.590. The van der Waals surface area contributed by atoms with Crippen molar-refractivity contribution in [3.05, 3.63) is 66.0 Å². The molecule has 2 aromatic rings. The van der Waals surface area contributed by atoms with Crippen LogP contribution in [0, 0.1) is 11.8 Å². The predicted octanol–water partition coefficient (Wildman–Crippen LogP) is 3.37. The van der Waals surface area contributed by atoms with Crippen molar-refractivity contribution in [3.63, 3.8) is 0 Å². The van der Waals surface area contributed by atoms with E-state index >= 15 is 0 Å². The third-order valence-corrected chi connectivity index (χ3v) is 9.63. The van der Waals surface area contributed by atoms with Gasteiger partial charge in [0.1, 0.15) is 18.1 Å². The van der Waals surface area contributed by atoms with Crippen LogP contribution in [0.4, 0.5) is 0 Å². The van der Waals surface area contributed by atoms with Crippen LogP contribution in [0.15, 0.2) is 54.9 Å². The van der Waals surface area contributed by atoms with Crippen molar-refractivity contribution in [2.24, 2.45) is 11.8 Å². The summed E-state index contributed by atoms with van der Waals surface area (Å²) in [5.41, 5.74) is 1.43. The normalized spacial score (nSPS) is 16.2. The van der Waals surface area contributed by atoms with Gasteiger partial charge in [0, 0.05) is 44.1 Å². The largest absolute Gasteiger partial charge is 0.355 e. The van der Waals surface area contributed by atoms with E-state index in [2.05, 4.69) is 31.6 Å². The van der Waals surface area contributed by atoms with E-state index in [9.17, 15) is 24.0 Å². The summed E-state index contributed by atoms with van der Waals surface area (Å²) >= 11 is 0. The fourth-order valence-electron chi connectivity index (χ4n) is 6.60. The van der Waals surface area contributed by atoms with E-state index in [0.29, 0.717) is 31.4 Å². The Hall–Kier alpha value is -4.32. The van der Waals surface area contributed by atoms with Crippen LogP contribution in [0.25, 0.3) is 0 Å². The fourth-order valence-corrected chi connectivity index (χ4v) is 6.60. The summed E-state index contributed by atoms with van der Waals surface area (Å²) in [4.78, 5) is 72.8. The molecule has 1 saturated carbocycles. The first kappa shape index (κ1) is 41.1. The van der Waals surface area contributed by atoms with Crippen LogP contribution >= 0.6 is 0 Å². The van der Waals surface area contributed by atoms with E-state index in [-0.39, 0.29) is 47.9 Å². The van der Waals surface area contributed by atoms with Gasteiger partial charge in [-0.25, -0.2) is 0 Å². The first-order valence-corrected chi connectivity index (χ1v) is 18.6. The molecular formula is C39H59N7O5. The quantitative estimate of drug-likeness (QED) is 0.150. The summed E-state index contributed by atoms with van der Waals surface area (Å²) < 4.78 is 0. The van der Waals surface area contributed by atoms with Gasteiger partial charge < -0.3 is 31.5 Å². The molecular weight excluding hydrogens is 646 g/mol. The standard InChI is InChI=1S/C39H59N7O5/c1-7-15-32(46(6)39(51)34(29-18-13-10-14-19-29)45-36(48)30-20-22-40-23-21-30)37(49)43-31(24-28-16-11-9-12-17-28)25-42-27(5)35(47)44-33(26(3)4)38(50)41-8-2/h9,11-12,16-17,20-23,26-27,29,31-34,42H,7-8,10,13-15,18-19,24-25H2,1-6H3,(H,41,50)(H,43,49)(H,44,47)(H,45,48)/t27-,31?,32-,33?,34?/m0/s1. The monoisotopic (exact) mass is 705 g/mol. The van der Waals surface area contributed by atoms with E-state index in [1.807, 2.05) is 58.0 Å². The molecule has 5 amide bonds. The van der Waals surface area contributed by atoms with Gasteiger partial charge in [0.15, 0.2) is 0 Å². The molecule has 280 valence electrons. The predicted molar refractivity (Wildman–Crippen MR) is 199 cm³/mol. The Balaban J connectivity index is 1.77. The highest BCUT2D eigenvalue weighted by molar-refractivity contribution is 5.98. The van der Waals surface area contributed by atoms with Gasteiger partial charge in [-0.05, 0) is 69.1 Å². The summed E-state index contributed by atoms with van der Waals surface area (Å²) in [5, 5.41) is 15.1. The summed E-state index contributed by atoms with van der Waals surface area (Å²) in [6.45, 7) is 10.0. The van der Waals surface area contributed by atoms with Crippen LogP contribution in [0.1, 0.15) is 95.5 Å². The third kappa shape index (κ3) is 12.7. The second-order valence-electron chi connectivity index (χ2n) is 14.0. The average molecular weight is 706 g/mol. The molecule has 3 rings (SSSR count). The summed E-state index contributed by atoms with van der Waals surface area (Å²) in [6.07, 6.45) is 9.38. The number of carbonyl (C=O) groups is 5. The lowest BCUT2D eigenvalue weighted by Crippen LogP contribution is -2.59. The first-order chi connectivity index (χ1) is 24.5. The lowest BCUT2D eigenvalue weighted by molar-refractivity contribution is -0.142. The van der Waals surface area contributed by atoms with Gasteiger partial charge in [-0.1, -0.05) is 76.8 Å². The number of hydrogen-bond donors (Lipinski definition) is 5. The van der Waals surface area contributed by atoms with E-state index in [0.717, 1.165) is 37.7 Å². The number of nitrogens with zero attached hydrogens (tertiary/aromatic N) is 2. The van der Waals surface area contributed by atoms with E-state index in [1.165, 1.54) is 4.90 Å². The second-order valence-corrected chi connectivity index (χ2v) is 14.0. The minimum atomic E-state index is -0.769. The van der Waals surface area contributed by atoms with Crippen LogP contribution < -0.4 is 26.6 Å². The Morgan fingerprint density at radius 2 is 1.51 bits per heavy atom. The smallest absolute Gasteiger partial charge is 0.252 e. The van der Waals surface area contributed by atoms with E-state index < -0.39 is 30.2 Å². The molecule has 1 aliphatic carbocycles. The maximum absolute atomic E-state index is 14.3. The molecule has 12 heteroatoms. The van der Waals surface area contributed by atoms with Crippen LogP contribution in [0.3, 0.4) is 0 Å². The van der Waals surface area contributed by atoms with Gasteiger partial charge in [-0.15, -0.1) is 0 Å². The molecule has 1 aromatic carbocycles. The molecule has 12 nitrogen and oxygen atoms in total. The summed E-state index contributed by atoms with van der Waals surface area (Å²) in [6, 6.07) is 9.72. The topological polar surface area (TPSA) is 162 Å². The zero-order valence-electron chi connectivity index (χ0n) is 31.2. The van der Waals surface area contributed by atoms with Crippen LogP contribution in [0.2, 0.25) is 0 Å². The molecule has 5 N–H and O–H groups in total. The summed E-state index contributed by atoms with van der Waals surface area (Å²) in [5.74, 6) is -1.61. The third-order valence-electron chi connectivity index (χ3n) is 9.63. The van der Waals surface area contributed by atoms with Crippen LogP contribution in [-0.2, 0) is 25.6 Å². The van der Waals surface area contributed by atoms with Gasteiger partial charge in [0.25, 0.3) is 5.91 Å². The Kier molecular flexibility index (Phi) is 17.0. The first-order valence-electron chi connectivity index (χ1n) is 18.6.